The Bertz CT molecular complexity index is 662. The molecule has 2 aromatic carbocycles. The van der Waals surface area contributed by atoms with Crippen molar-refractivity contribution >= 4 is 12.0 Å². The van der Waals surface area contributed by atoms with E-state index in [0.717, 1.165) is 11.1 Å². The van der Waals surface area contributed by atoms with Crippen LogP contribution in [0, 0.1) is 0 Å². The molecule has 2 rings (SSSR count). The van der Waals surface area contributed by atoms with Crippen LogP contribution in [0.5, 0.6) is 11.5 Å². The average molecular weight is 312 g/mol. The molecule has 0 aliphatic carbocycles. The van der Waals surface area contributed by atoms with Crippen LogP contribution in [-0.2, 0) is 16.0 Å². The van der Waals surface area contributed by atoms with Crippen molar-refractivity contribution in [2.24, 2.45) is 0 Å². The number of carbonyl (C=O) groups is 1. The molecule has 0 fully saturated rings. The fourth-order valence-corrected chi connectivity index (χ4v) is 2.08. The zero-order valence-corrected chi connectivity index (χ0v) is 13.3. The maximum atomic E-state index is 11.7. The fourth-order valence-electron chi connectivity index (χ4n) is 2.08. The lowest BCUT2D eigenvalue weighted by Gasteiger charge is -2.09. The highest BCUT2D eigenvalue weighted by Crippen LogP contribution is 2.27. The summed E-state index contributed by atoms with van der Waals surface area (Å²) in [4.78, 5) is 11.7. The number of carbonyl (C=O) groups excluding carboxylic acids is 1. The van der Waals surface area contributed by atoms with Crippen LogP contribution >= 0.6 is 0 Å². The van der Waals surface area contributed by atoms with E-state index in [1.54, 1.807) is 20.3 Å². The quantitative estimate of drug-likeness (QED) is 0.580. The molecule has 0 aliphatic heterocycles. The van der Waals surface area contributed by atoms with Gasteiger partial charge in [-0.25, -0.2) is 4.79 Å². The minimum atomic E-state index is -0.352. The predicted octanol–water partition coefficient (Wildman–Crippen LogP) is 3.50. The van der Waals surface area contributed by atoms with Gasteiger partial charge in [0.1, 0.15) is 0 Å². The first-order chi connectivity index (χ1) is 11.2. The number of ether oxygens (including phenoxy) is 3. The summed E-state index contributed by atoms with van der Waals surface area (Å²) in [6.45, 7) is 0.313. The minimum absolute atomic E-state index is 0.313. The topological polar surface area (TPSA) is 44.8 Å². The van der Waals surface area contributed by atoms with Gasteiger partial charge < -0.3 is 14.2 Å². The highest BCUT2D eigenvalue weighted by atomic mass is 16.5. The number of methoxy groups -OCH3 is 2. The number of hydrogen-bond donors (Lipinski definition) is 0. The molecule has 0 saturated carbocycles. The van der Waals surface area contributed by atoms with Crippen molar-refractivity contribution in [2.75, 3.05) is 20.8 Å². The Labute approximate surface area is 136 Å². The molecular formula is C19H20O4. The molecule has 0 unspecified atom stereocenters. The van der Waals surface area contributed by atoms with Crippen LogP contribution in [0.15, 0.2) is 54.6 Å². The number of esters is 1. The van der Waals surface area contributed by atoms with Gasteiger partial charge in [0.25, 0.3) is 0 Å². The summed E-state index contributed by atoms with van der Waals surface area (Å²) in [5.41, 5.74) is 1.98. The largest absolute Gasteiger partial charge is 0.493 e. The molecule has 0 N–H and O–H groups in total. The van der Waals surface area contributed by atoms with Crippen molar-refractivity contribution < 1.29 is 19.0 Å². The second-order valence-corrected chi connectivity index (χ2v) is 4.85. The molecule has 23 heavy (non-hydrogen) atoms. The highest BCUT2D eigenvalue weighted by molar-refractivity contribution is 5.87. The van der Waals surface area contributed by atoms with E-state index in [2.05, 4.69) is 0 Å². The summed E-state index contributed by atoms with van der Waals surface area (Å²) in [5.74, 6) is 0.994. The van der Waals surface area contributed by atoms with Crippen molar-refractivity contribution in [3.8, 4) is 11.5 Å². The van der Waals surface area contributed by atoms with Gasteiger partial charge >= 0.3 is 5.97 Å². The van der Waals surface area contributed by atoms with E-state index >= 15 is 0 Å². The van der Waals surface area contributed by atoms with Crippen molar-refractivity contribution in [3.63, 3.8) is 0 Å². The molecule has 2 aromatic rings. The predicted molar refractivity (Wildman–Crippen MR) is 89.7 cm³/mol. The molecule has 120 valence electrons. The molecule has 0 atom stereocenters. The van der Waals surface area contributed by atoms with Crippen LogP contribution in [0.3, 0.4) is 0 Å². The average Bonchev–Trinajstić information content (AvgIpc) is 2.60. The summed E-state index contributed by atoms with van der Waals surface area (Å²) < 4.78 is 15.6. The molecule has 0 radical (unpaired) electrons. The maximum absolute atomic E-state index is 11.7. The summed E-state index contributed by atoms with van der Waals surface area (Å²) >= 11 is 0. The summed E-state index contributed by atoms with van der Waals surface area (Å²) in [6, 6.07) is 15.3. The first kappa shape index (κ1) is 16.6. The molecule has 0 spiro atoms. The minimum Gasteiger partial charge on any atom is -0.493 e. The van der Waals surface area contributed by atoms with Gasteiger partial charge in [-0.15, -0.1) is 0 Å². The van der Waals surface area contributed by atoms with Crippen LogP contribution in [0.25, 0.3) is 6.08 Å². The van der Waals surface area contributed by atoms with E-state index in [0.29, 0.717) is 24.5 Å². The maximum Gasteiger partial charge on any atom is 0.330 e. The summed E-state index contributed by atoms with van der Waals surface area (Å²) in [5, 5.41) is 0. The first-order valence-electron chi connectivity index (χ1n) is 7.33. The molecule has 0 aromatic heterocycles. The zero-order chi connectivity index (χ0) is 16.5. The first-order valence-corrected chi connectivity index (χ1v) is 7.33. The lowest BCUT2D eigenvalue weighted by atomic mass is 10.1. The zero-order valence-electron chi connectivity index (χ0n) is 13.3. The molecule has 4 nitrogen and oxygen atoms in total. The highest BCUT2D eigenvalue weighted by Gasteiger charge is 2.05. The Morgan fingerprint density at radius 2 is 1.74 bits per heavy atom. The summed E-state index contributed by atoms with van der Waals surface area (Å²) in [6.07, 6.45) is 3.79. The third-order valence-corrected chi connectivity index (χ3v) is 3.29. The van der Waals surface area contributed by atoms with E-state index in [4.69, 9.17) is 14.2 Å². The number of benzene rings is 2. The molecule has 0 saturated heterocycles. The van der Waals surface area contributed by atoms with Crippen LogP contribution < -0.4 is 9.47 Å². The van der Waals surface area contributed by atoms with Gasteiger partial charge in [0.15, 0.2) is 11.5 Å². The monoisotopic (exact) mass is 312 g/mol. The Kier molecular flexibility index (Phi) is 6.24. The van der Waals surface area contributed by atoms with E-state index in [9.17, 15) is 4.79 Å². The smallest absolute Gasteiger partial charge is 0.330 e. The van der Waals surface area contributed by atoms with E-state index in [1.807, 2.05) is 48.5 Å². The van der Waals surface area contributed by atoms with Gasteiger partial charge in [0.05, 0.1) is 20.8 Å². The van der Waals surface area contributed by atoms with Crippen LogP contribution in [0.2, 0.25) is 0 Å². The molecule has 4 heteroatoms. The van der Waals surface area contributed by atoms with Crippen molar-refractivity contribution in [2.45, 2.75) is 6.42 Å². The lowest BCUT2D eigenvalue weighted by molar-refractivity contribution is -0.137. The van der Waals surface area contributed by atoms with Gasteiger partial charge in [-0.05, 0) is 29.3 Å². The third-order valence-electron chi connectivity index (χ3n) is 3.29. The van der Waals surface area contributed by atoms with Gasteiger partial charge in [-0.3, -0.25) is 0 Å². The molecular weight excluding hydrogens is 292 g/mol. The molecule has 0 heterocycles. The standard InChI is InChI=1S/C19H20O4/c1-21-17-10-8-16(14-18(17)22-2)12-13-23-19(20)11-9-15-6-4-3-5-7-15/h3-11,14H,12-13H2,1-2H3/b11-9+. The Morgan fingerprint density at radius 1 is 1.00 bits per heavy atom. The van der Waals surface area contributed by atoms with E-state index < -0.39 is 0 Å². The van der Waals surface area contributed by atoms with E-state index in [1.165, 1.54) is 6.08 Å². The van der Waals surface area contributed by atoms with Crippen LogP contribution in [0.4, 0.5) is 0 Å². The van der Waals surface area contributed by atoms with Crippen LogP contribution in [-0.4, -0.2) is 26.8 Å². The molecule has 0 bridgehead atoms. The SMILES string of the molecule is COc1ccc(CCOC(=O)/C=C/c2ccccc2)cc1OC. The van der Waals surface area contributed by atoms with Gasteiger partial charge in [-0.1, -0.05) is 36.4 Å². The Morgan fingerprint density at radius 3 is 2.43 bits per heavy atom. The number of rotatable bonds is 7. The van der Waals surface area contributed by atoms with Gasteiger partial charge in [-0.2, -0.15) is 0 Å². The van der Waals surface area contributed by atoms with Crippen LogP contribution in [0.1, 0.15) is 11.1 Å². The fraction of sp³-hybridized carbons (Fsp3) is 0.211. The molecule has 0 aliphatic rings. The number of hydrogen-bond acceptors (Lipinski definition) is 4. The summed E-state index contributed by atoms with van der Waals surface area (Å²) in [7, 11) is 3.19. The van der Waals surface area contributed by atoms with E-state index in [-0.39, 0.29) is 5.97 Å². The Balaban J connectivity index is 1.82. The normalized spacial score (nSPS) is 10.5. The van der Waals surface area contributed by atoms with Crippen molar-refractivity contribution in [1.82, 2.24) is 0 Å². The second kappa shape index (κ2) is 8.63. The third kappa shape index (κ3) is 5.18. The van der Waals surface area contributed by atoms with Gasteiger partial charge in [0.2, 0.25) is 0 Å². The van der Waals surface area contributed by atoms with Crippen molar-refractivity contribution in [1.29, 1.82) is 0 Å². The van der Waals surface area contributed by atoms with Gasteiger partial charge in [0, 0.05) is 12.5 Å². The molecule has 0 amide bonds. The van der Waals surface area contributed by atoms with Crippen molar-refractivity contribution in [3.05, 3.63) is 65.7 Å². The second-order valence-electron chi connectivity index (χ2n) is 4.85. The Hall–Kier alpha value is -2.75. The lowest BCUT2D eigenvalue weighted by Crippen LogP contribution is -2.05.